The summed E-state index contributed by atoms with van der Waals surface area (Å²) in [5, 5.41) is 19.1. The number of rotatable bonds is 5. The molecule has 1 aliphatic carbocycles. The summed E-state index contributed by atoms with van der Waals surface area (Å²) in [6.07, 6.45) is 3.63. The van der Waals surface area contributed by atoms with Crippen molar-refractivity contribution in [1.29, 1.82) is 0 Å². The number of hydrogen-bond acceptors (Lipinski definition) is 5. The van der Waals surface area contributed by atoms with Gasteiger partial charge in [-0.1, -0.05) is 36.3 Å². The molecule has 1 aromatic heterocycles. The van der Waals surface area contributed by atoms with E-state index in [0.29, 0.717) is 17.6 Å². The lowest BCUT2D eigenvalue weighted by Gasteiger charge is -2.37. The quantitative estimate of drug-likeness (QED) is 0.703. The van der Waals surface area contributed by atoms with Crippen molar-refractivity contribution in [2.75, 3.05) is 11.9 Å². The highest BCUT2D eigenvalue weighted by Crippen LogP contribution is 2.40. The third-order valence-electron chi connectivity index (χ3n) is 5.96. The highest BCUT2D eigenvalue weighted by atomic mass is 16.5. The van der Waals surface area contributed by atoms with Crippen molar-refractivity contribution < 1.29 is 9.63 Å². The Morgan fingerprint density at radius 1 is 1.25 bits per heavy atom. The van der Waals surface area contributed by atoms with Gasteiger partial charge in [-0.3, -0.25) is 0 Å². The fourth-order valence-corrected chi connectivity index (χ4v) is 4.51. The van der Waals surface area contributed by atoms with Gasteiger partial charge in [-0.2, -0.15) is 0 Å². The van der Waals surface area contributed by atoms with E-state index in [2.05, 4.69) is 41.7 Å². The van der Waals surface area contributed by atoms with E-state index in [-0.39, 0.29) is 5.41 Å². The minimum absolute atomic E-state index is 0.00119. The van der Waals surface area contributed by atoms with Gasteiger partial charge in [0.1, 0.15) is 0 Å². The predicted molar refractivity (Wildman–Crippen MR) is 111 cm³/mol. The molecule has 0 fully saturated rings. The molecular weight excluding hydrogens is 352 g/mol. The summed E-state index contributed by atoms with van der Waals surface area (Å²) in [7, 11) is 0. The average Bonchev–Trinajstić information content (AvgIpc) is 2.69. The van der Waals surface area contributed by atoms with E-state index in [0.717, 1.165) is 36.8 Å². The SMILES string of the molecule is Cc1noc(=O)c2ccc(NCC(O)CC3(C)CCCc4ccccc43)cc12. The number of aliphatic hydroxyl groups excluding tert-OH is 1. The van der Waals surface area contributed by atoms with Crippen LogP contribution in [0.5, 0.6) is 0 Å². The van der Waals surface area contributed by atoms with E-state index in [9.17, 15) is 9.90 Å². The molecule has 0 radical (unpaired) electrons. The van der Waals surface area contributed by atoms with Crippen LogP contribution in [0.3, 0.4) is 0 Å². The normalized spacial score (nSPS) is 20.0. The van der Waals surface area contributed by atoms with Crippen molar-refractivity contribution in [3.05, 3.63) is 69.7 Å². The maximum Gasteiger partial charge on any atom is 0.366 e. The molecule has 2 N–H and O–H groups in total. The molecule has 0 amide bonds. The average molecular weight is 378 g/mol. The molecule has 4 rings (SSSR count). The number of aryl methyl sites for hydroxylation is 2. The molecule has 5 heteroatoms. The fraction of sp³-hybridized carbons (Fsp3) is 0.391. The number of hydrogen-bond donors (Lipinski definition) is 2. The largest absolute Gasteiger partial charge is 0.391 e. The van der Waals surface area contributed by atoms with Crippen LogP contribution in [0.15, 0.2) is 51.8 Å². The van der Waals surface area contributed by atoms with Crippen molar-refractivity contribution in [3.63, 3.8) is 0 Å². The Bertz CT molecular complexity index is 1060. The second-order valence-electron chi connectivity index (χ2n) is 8.13. The number of aliphatic hydroxyl groups is 1. The van der Waals surface area contributed by atoms with Crippen LogP contribution in [0, 0.1) is 6.92 Å². The molecule has 1 heterocycles. The third kappa shape index (κ3) is 3.54. The second kappa shape index (κ2) is 7.40. The Morgan fingerprint density at radius 2 is 2.07 bits per heavy atom. The molecule has 0 saturated heterocycles. The van der Waals surface area contributed by atoms with Gasteiger partial charge in [0.05, 0.1) is 17.2 Å². The van der Waals surface area contributed by atoms with E-state index in [4.69, 9.17) is 4.52 Å². The Kier molecular flexibility index (Phi) is 4.94. The fourth-order valence-electron chi connectivity index (χ4n) is 4.51. The van der Waals surface area contributed by atoms with Gasteiger partial charge in [0.25, 0.3) is 0 Å². The van der Waals surface area contributed by atoms with E-state index >= 15 is 0 Å². The standard InChI is InChI=1S/C23H26N2O3/c1-15-20-12-17(9-10-19(20)22(27)28-25-15)24-14-18(26)13-23(2)11-5-7-16-6-3-4-8-21(16)23/h3-4,6,8-10,12,18,24,26H,5,7,11,13-14H2,1-2H3. The zero-order chi connectivity index (χ0) is 19.7. The zero-order valence-electron chi connectivity index (χ0n) is 16.4. The van der Waals surface area contributed by atoms with Gasteiger partial charge in [0.15, 0.2) is 0 Å². The molecule has 5 nitrogen and oxygen atoms in total. The van der Waals surface area contributed by atoms with Gasteiger partial charge in [-0.05, 0) is 67.3 Å². The molecule has 28 heavy (non-hydrogen) atoms. The van der Waals surface area contributed by atoms with Gasteiger partial charge in [0.2, 0.25) is 0 Å². The van der Waals surface area contributed by atoms with Crippen LogP contribution in [-0.4, -0.2) is 22.9 Å². The highest BCUT2D eigenvalue weighted by molar-refractivity contribution is 5.86. The number of anilines is 1. The van der Waals surface area contributed by atoms with E-state index in [1.165, 1.54) is 11.1 Å². The lowest BCUT2D eigenvalue weighted by molar-refractivity contribution is 0.139. The summed E-state index contributed by atoms with van der Waals surface area (Å²) >= 11 is 0. The molecule has 146 valence electrons. The van der Waals surface area contributed by atoms with E-state index in [1.807, 2.05) is 19.1 Å². The van der Waals surface area contributed by atoms with Crippen molar-refractivity contribution in [3.8, 4) is 0 Å². The van der Waals surface area contributed by atoms with Crippen LogP contribution in [-0.2, 0) is 11.8 Å². The molecule has 2 aromatic carbocycles. The summed E-state index contributed by atoms with van der Waals surface area (Å²) < 4.78 is 4.77. The van der Waals surface area contributed by atoms with Gasteiger partial charge in [0, 0.05) is 17.6 Å². The Labute approximate surface area is 164 Å². The maximum absolute atomic E-state index is 11.8. The monoisotopic (exact) mass is 378 g/mol. The van der Waals surface area contributed by atoms with Crippen LogP contribution in [0.4, 0.5) is 5.69 Å². The molecule has 2 atom stereocenters. The van der Waals surface area contributed by atoms with Crippen molar-refractivity contribution in [2.24, 2.45) is 0 Å². The molecular formula is C23H26N2O3. The Balaban J connectivity index is 1.47. The molecule has 0 aliphatic heterocycles. The van der Waals surface area contributed by atoms with Crippen LogP contribution in [0.25, 0.3) is 10.8 Å². The zero-order valence-corrected chi connectivity index (χ0v) is 16.4. The summed E-state index contributed by atoms with van der Waals surface area (Å²) in [6, 6.07) is 14.1. The van der Waals surface area contributed by atoms with Crippen LogP contribution in [0.1, 0.15) is 43.0 Å². The van der Waals surface area contributed by atoms with E-state index in [1.54, 1.807) is 6.07 Å². The van der Waals surface area contributed by atoms with Crippen LogP contribution >= 0.6 is 0 Å². The minimum atomic E-state index is -0.466. The second-order valence-corrected chi connectivity index (χ2v) is 8.13. The smallest absolute Gasteiger partial charge is 0.366 e. The summed E-state index contributed by atoms with van der Waals surface area (Å²) in [6.45, 7) is 4.53. The molecule has 0 bridgehead atoms. The van der Waals surface area contributed by atoms with Crippen molar-refractivity contribution in [1.82, 2.24) is 5.16 Å². The van der Waals surface area contributed by atoms with Crippen LogP contribution < -0.4 is 10.9 Å². The van der Waals surface area contributed by atoms with Crippen molar-refractivity contribution >= 4 is 16.5 Å². The summed E-state index contributed by atoms with van der Waals surface area (Å²) in [4.78, 5) is 11.8. The van der Waals surface area contributed by atoms with E-state index < -0.39 is 11.7 Å². The first-order valence-corrected chi connectivity index (χ1v) is 9.87. The Hall–Kier alpha value is -2.66. The number of nitrogens with zero attached hydrogens (tertiary/aromatic N) is 1. The number of fused-ring (bicyclic) bond motifs is 2. The van der Waals surface area contributed by atoms with Crippen molar-refractivity contribution in [2.45, 2.75) is 51.0 Å². The molecule has 1 aliphatic rings. The number of nitrogens with one attached hydrogen (secondary N) is 1. The van der Waals surface area contributed by atoms with Gasteiger partial charge < -0.3 is 14.9 Å². The lowest BCUT2D eigenvalue weighted by atomic mass is 9.68. The molecule has 3 aromatic rings. The van der Waals surface area contributed by atoms with Gasteiger partial charge >= 0.3 is 5.63 Å². The topological polar surface area (TPSA) is 75.4 Å². The summed E-state index contributed by atoms with van der Waals surface area (Å²) in [5.74, 6) is 0. The maximum atomic E-state index is 11.8. The molecule has 2 unspecified atom stereocenters. The highest BCUT2D eigenvalue weighted by Gasteiger charge is 2.33. The first kappa shape index (κ1) is 18.7. The lowest BCUT2D eigenvalue weighted by Crippen LogP contribution is -2.34. The Morgan fingerprint density at radius 3 is 2.93 bits per heavy atom. The predicted octanol–water partition coefficient (Wildman–Crippen LogP) is 3.95. The third-order valence-corrected chi connectivity index (χ3v) is 5.96. The van der Waals surface area contributed by atoms with Gasteiger partial charge in [-0.25, -0.2) is 4.79 Å². The first-order chi connectivity index (χ1) is 13.5. The minimum Gasteiger partial charge on any atom is -0.391 e. The molecule has 0 spiro atoms. The molecule has 0 saturated carbocycles. The first-order valence-electron chi connectivity index (χ1n) is 9.87. The van der Waals surface area contributed by atoms with Crippen LogP contribution in [0.2, 0.25) is 0 Å². The number of benzene rings is 2. The summed E-state index contributed by atoms with van der Waals surface area (Å²) in [5.41, 5.74) is 3.88. The number of aromatic nitrogens is 1. The van der Waals surface area contributed by atoms with Gasteiger partial charge in [-0.15, -0.1) is 0 Å².